The number of nitrogen functional groups attached to an aromatic ring is 2. The molecule has 42 heavy (non-hydrogen) atoms. The SMILES string of the molecule is Nc1ncc(Oc2ccc(Cl)cc2)c(N2CCOCC2)n1.Nc1ncc(Oc2ccc(F)cc2)c(N2CCOCC2)n1. The summed E-state index contributed by atoms with van der Waals surface area (Å²) in [5.74, 6) is 3.62. The third kappa shape index (κ3) is 7.84. The van der Waals surface area contributed by atoms with Gasteiger partial charge in [0.15, 0.2) is 23.1 Å². The molecule has 2 aromatic carbocycles. The smallest absolute Gasteiger partial charge is 0.222 e. The van der Waals surface area contributed by atoms with Crippen molar-refractivity contribution in [1.29, 1.82) is 0 Å². The summed E-state index contributed by atoms with van der Waals surface area (Å²) in [7, 11) is 0. The van der Waals surface area contributed by atoms with Crippen molar-refractivity contribution < 1.29 is 23.3 Å². The van der Waals surface area contributed by atoms with Gasteiger partial charge in [-0.05, 0) is 48.5 Å². The molecule has 220 valence electrons. The zero-order chi connectivity index (χ0) is 29.3. The van der Waals surface area contributed by atoms with Gasteiger partial charge in [-0.15, -0.1) is 0 Å². The minimum Gasteiger partial charge on any atom is -0.452 e. The summed E-state index contributed by atoms with van der Waals surface area (Å²) in [6.45, 7) is 5.46. The van der Waals surface area contributed by atoms with Crippen LogP contribution in [0.2, 0.25) is 5.02 Å². The predicted octanol–water partition coefficient (Wildman–Crippen LogP) is 4.17. The fraction of sp³-hybridized carbons (Fsp3) is 0.286. The molecule has 0 aliphatic carbocycles. The molecule has 0 atom stereocenters. The third-order valence-electron chi connectivity index (χ3n) is 6.21. The highest BCUT2D eigenvalue weighted by atomic mass is 35.5. The van der Waals surface area contributed by atoms with Crippen LogP contribution < -0.4 is 30.7 Å². The van der Waals surface area contributed by atoms with Gasteiger partial charge in [-0.2, -0.15) is 9.97 Å². The minimum absolute atomic E-state index is 0.183. The Hall–Kier alpha value is -4.46. The number of nitrogens with zero attached hydrogens (tertiary/aromatic N) is 6. The largest absolute Gasteiger partial charge is 0.452 e. The second-order valence-corrected chi connectivity index (χ2v) is 9.58. The van der Waals surface area contributed by atoms with E-state index >= 15 is 0 Å². The summed E-state index contributed by atoms with van der Waals surface area (Å²) in [6.07, 6.45) is 3.11. The van der Waals surface area contributed by atoms with Gasteiger partial charge in [0.25, 0.3) is 0 Å². The van der Waals surface area contributed by atoms with E-state index in [1.807, 2.05) is 4.90 Å². The van der Waals surface area contributed by atoms with Gasteiger partial charge in [-0.1, -0.05) is 11.6 Å². The molecule has 2 aliphatic rings. The zero-order valence-corrected chi connectivity index (χ0v) is 23.4. The number of hydrogen-bond acceptors (Lipinski definition) is 12. The third-order valence-corrected chi connectivity index (χ3v) is 6.47. The fourth-order valence-corrected chi connectivity index (χ4v) is 4.28. The molecule has 0 spiro atoms. The van der Waals surface area contributed by atoms with Crippen molar-refractivity contribution in [2.75, 3.05) is 73.9 Å². The standard InChI is InChI=1S/C14H15ClN4O2.C14H15FN4O2/c2*15-10-1-3-11(4-2-10)21-12-9-17-14(16)18-13(12)19-5-7-20-8-6-19/h2*1-4,9H,5-8H2,(H2,16,17,18). The molecule has 4 aromatic rings. The second-order valence-electron chi connectivity index (χ2n) is 9.14. The predicted molar refractivity (Wildman–Crippen MR) is 157 cm³/mol. The first kappa shape index (κ1) is 29.0. The Labute approximate surface area is 247 Å². The molecule has 14 heteroatoms. The molecule has 2 aromatic heterocycles. The van der Waals surface area contributed by atoms with Gasteiger partial charge in [0.2, 0.25) is 11.9 Å². The molecule has 2 aliphatic heterocycles. The Morgan fingerprint density at radius 1 is 0.667 bits per heavy atom. The van der Waals surface area contributed by atoms with Gasteiger partial charge in [0.05, 0.1) is 38.8 Å². The number of hydrogen-bond donors (Lipinski definition) is 2. The highest BCUT2D eigenvalue weighted by molar-refractivity contribution is 6.30. The van der Waals surface area contributed by atoms with Crippen molar-refractivity contribution >= 4 is 35.1 Å². The van der Waals surface area contributed by atoms with Crippen LogP contribution in [-0.4, -0.2) is 72.5 Å². The lowest BCUT2D eigenvalue weighted by Crippen LogP contribution is -2.37. The van der Waals surface area contributed by atoms with Crippen LogP contribution in [0.15, 0.2) is 60.9 Å². The molecule has 0 saturated carbocycles. The van der Waals surface area contributed by atoms with E-state index in [1.165, 1.54) is 18.3 Å². The van der Waals surface area contributed by atoms with Crippen molar-refractivity contribution in [3.63, 3.8) is 0 Å². The van der Waals surface area contributed by atoms with E-state index in [0.717, 1.165) is 13.1 Å². The maximum Gasteiger partial charge on any atom is 0.222 e. The van der Waals surface area contributed by atoms with Crippen LogP contribution >= 0.6 is 11.6 Å². The molecule has 0 amide bonds. The maximum atomic E-state index is 12.9. The summed E-state index contributed by atoms with van der Waals surface area (Å²) >= 11 is 5.87. The lowest BCUT2D eigenvalue weighted by Gasteiger charge is -2.28. The van der Waals surface area contributed by atoms with E-state index in [9.17, 15) is 4.39 Å². The Kier molecular flexibility index (Phi) is 9.64. The highest BCUT2D eigenvalue weighted by Gasteiger charge is 2.20. The van der Waals surface area contributed by atoms with Gasteiger partial charge in [-0.25, -0.2) is 14.4 Å². The van der Waals surface area contributed by atoms with Crippen molar-refractivity contribution in [2.24, 2.45) is 0 Å². The maximum absolute atomic E-state index is 12.9. The molecule has 6 rings (SSSR count). The van der Waals surface area contributed by atoms with E-state index in [-0.39, 0.29) is 17.7 Å². The topological polar surface area (TPSA) is 147 Å². The molecule has 2 saturated heterocycles. The summed E-state index contributed by atoms with van der Waals surface area (Å²) in [4.78, 5) is 20.6. The van der Waals surface area contributed by atoms with Crippen molar-refractivity contribution in [3.05, 3.63) is 71.8 Å². The van der Waals surface area contributed by atoms with Crippen LogP contribution in [0.25, 0.3) is 0 Å². The molecule has 4 N–H and O–H groups in total. The summed E-state index contributed by atoms with van der Waals surface area (Å²) in [6, 6.07) is 12.9. The summed E-state index contributed by atoms with van der Waals surface area (Å²) in [5, 5.41) is 0.657. The van der Waals surface area contributed by atoms with Crippen molar-refractivity contribution in [2.45, 2.75) is 0 Å². The Morgan fingerprint density at radius 3 is 1.50 bits per heavy atom. The number of morpholine rings is 2. The lowest BCUT2D eigenvalue weighted by molar-refractivity contribution is 0.122. The van der Waals surface area contributed by atoms with Gasteiger partial charge in [0, 0.05) is 31.2 Å². The quantitative estimate of drug-likeness (QED) is 0.329. The Bertz CT molecular complexity index is 1340. The normalized spacial score (nSPS) is 15.0. The van der Waals surface area contributed by atoms with Gasteiger partial charge >= 0.3 is 0 Å². The number of anilines is 4. The minimum atomic E-state index is -0.315. The van der Waals surface area contributed by atoms with Gasteiger partial charge < -0.3 is 40.2 Å². The monoisotopic (exact) mass is 596 g/mol. The number of rotatable bonds is 6. The first-order valence-electron chi connectivity index (χ1n) is 13.2. The van der Waals surface area contributed by atoms with Crippen LogP contribution in [0.3, 0.4) is 0 Å². The van der Waals surface area contributed by atoms with Crippen LogP contribution in [0.5, 0.6) is 23.0 Å². The van der Waals surface area contributed by atoms with Gasteiger partial charge in [-0.3, -0.25) is 0 Å². The van der Waals surface area contributed by atoms with Crippen molar-refractivity contribution in [1.82, 2.24) is 19.9 Å². The Morgan fingerprint density at radius 2 is 1.07 bits per heavy atom. The molecule has 4 heterocycles. The number of benzene rings is 2. The first-order valence-corrected chi connectivity index (χ1v) is 13.6. The van der Waals surface area contributed by atoms with E-state index < -0.39 is 0 Å². The number of halogens is 2. The Balaban J connectivity index is 0.000000168. The highest BCUT2D eigenvalue weighted by Crippen LogP contribution is 2.32. The van der Waals surface area contributed by atoms with Crippen LogP contribution in [-0.2, 0) is 9.47 Å². The molecule has 0 radical (unpaired) electrons. The molecule has 0 unspecified atom stereocenters. The molecular formula is C28H30ClFN8O4. The molecular weight excluding hydrogens is 567 g/mol. The zero-order valence-electron chi connectivity index (χ0n) is 22.7. The van der Waals surface area contributed by atoms with E-state index in [0.29, 0.717) is 79.2 Å². The number of ether oxygens (including phenoxy) is 4. The first-order chi connectivity index (χ1) is 20.4. The average Bonchev–Trinajstić information content (AvgIpc) is 3.02. The molecule has 12 nitrogen and oxygen atoms in total. The summed E-state index contributed by atoms with van der Waals surface area (Å²) in [5.41, 5.74) is 11.4. The van der Waals surface area contributed by atoms with Crippen LogP contribution in [0.4, 0.5) is 27.9 Å². The van der Waals surface area contributed by atoms with Crippen LogP contribution in [0, 0.1) is 5.82 Å². The van der Waals surface area contributed by atoms with E-state index in [2.05, 4.69) is 24.8 Å². The second kappa shape index (κ2) is 13.9. The summed E-state index contributed by atoms with van der Waals surface area (Å²) < 4.78 is 35.2. The fourth-order valence-electron chi connectivity index (χ4n) is 4.16. The number of nitrogens with two attached hydrogens (primary N) is 2. The lowest BCUT2D eigenvalue weighted by atomic mass is 10.3. The molecule has 0 bridgehead atoms. The van der Waals surface area contributed by atoms with Gasteiger partial charge in [0.1, 0.15) is 17.3 Å². The van der Waals surface area contributed by atoms with Crippen LogP contribution in [0.1, 0.15) is 0 Å². The van der Waals surface area contributed by atoms with Crippen molar-refractivity contribution in [3.8, 4) is 23.0 Å². The molecule has 2 fully saturated rings. The average molecular weight is 597 g/mol. The van der Waals surface area contributed by atoms with E-state index in [4.69, 9.17) is 42.0 Å². The number of aromatic nitrogens is 4. The van der Waals surface area contributed by atoms with E-state index in [1.54, 1.807) is 42.6 Å².